The van der Waals surface area contributed by atoms with E-state index in [9.17, 15) is 0 Å². The molecule has 1 heterocycles. The van der Waals surface area contributed by atoms with Crippen LogP contribution >= 0.6 is 0 Å². The predicted octanol–water partition coefficient (Wildman–Crippen LogP) is 2.21. The maximum atomic E-state index is 4.16. The molecule has 1 aromatic rings. The first-order chi connectivity index (χ1) is 6.70. The third kappa shape index (κ3) is 2.35. The van der Waals surface area contributed by atoms with Gasteiger partial charge in [0.05, 0.1) is 12.0 Å². The molecule has 1 rings (SSSR count). The second-order valence-electron chi connectivity index (χ2n) is 3.73. The quantitative estimate of drug-likeness (QED) is 0.718. The standard InChI is InChI=1S/C11H21N3/c1-5-7-14(6-2)10(3)11-8-12-9-13(11)4/h8-10H,5-7H2,1-4H3. The minimum Gasteiger partial charge on any atom is -0.336 e. The Bertz CT molecular complexity index is 267. The fourth-order valence-corrected chi connectivity index (χ4v) is 1.87. The van der Waals surface area contributed by atoms with Crippen LogP contribution in [0.25, 0.3) is 0 Å². The Morgan fingerprint density at radius 2 is 2.21 bits per heavy atom. The molecule has 0 saturated carbocycles. The van der Waals surface area contributed by atoms with Gasteiger partial charge in [0.15, 0.2) is 0 Å². The molecule has 0 aliphatic rings. The van der Waals surface area contributed by atoms with Crippen LogP contribution in [-0.4, -0.2) is 27.5 Å². The monoisotopic (exact) mass is 195 g/mol. The van der Waals surface area contributed by atoms with Crippen LogP contribution in [0.15, 0.2) is 12.5 Å². The molecule has 0 radical (unpaired) electrons. The van der Waals surface area contributed by atoms with Crippen molar-refractivity contribution in [3.8, 4) is 0 Å². The highest BCUT2D eigenvalue weighted by atomic mass is 15.2. The van der Waals surface area contributed by atoms with Crippen LogP contribution in [-0.2, 0) is 7.05 Å². The summed E-state index contributed by atoms with van der Waals surface area (Å²) in [6.45, 7) is 8.93. The summed E-state index contributed by atoms with van der Waals surface area (Å²) in [4.78, 5) is 6.63. The summed E-state index contributed by atoms with van der Waals surface area (Å²) < 4.78 is 2.10. The summed E-state index contributed by atoms with van der Waals surface area (Å²) in [6.07, 6.45) is 5.03. The number of rotatable bonds is 5. The van der Waals surface area contributed by atoms with Crippen LogP contribution in [0.1, 0.15) is 38.9 Å². The molecule has 0 aliphatic carbocycles. The Morgan fingerprint density at radius 1 is 1.50 bits per heavy atom. The third-order valence-corrected chi connectivity index (χ3v) is 2.75. The van der Waals surface area contributed by atoms with Crippen molar-refractivity contribution in [3.05, 3.63) is 18.2 Å². The Labute approximate surface area is 86.7 Å². The molecule has 1 unspecified atom stereocenters. The van der Waals surface area contributed by atoms with Gasteiger partial charge < -0.3 is 4.57 Å². The van der Waals surface area contributed by atoms with Gasteiger partial charge >= 0.3 is 0 Å². The Hall–Kier alpha value is -0.830. The summed E-state index contributed by atoms with van der Waals surface area (Å²) >= 11 is 0. The van der Waals surface area contributed by atoms with Gasteiger partial charge in [-0.05, 0) is 26.4 Å². The van der Waals surface area contributed by atoms with Crippen molar-refractivity contribution in [3.63, 3.8) is 0 Å². The molecule has 80 valence electrons. The zero-order valence-electron chi connectivity index (χ0n) is 9.70. The lowest BCUT2D eigenvalue weighted by atomic mass is 10.2. The van der Waals surface area contributed by atoms with Gasteiger partial charge in [-0.2, -0.15) is 0 Å². The predicted molar refractivity (Wildman–Crippen MR) is 59.2 cm³/mol. The molecule has 1 aromatic heterocycles. The van der Waals surface area contributed by atoms with Crippen LogP contribution in [0.5, 0.6) is 0 Å². The van der Waals surface area contributed by atoms with E-state index in [4.69, 9.17) is 0 Å². The van der Waals surface area contributed by atoms with Crippen molar-refractivity contribution in [2.75, 3.05) is 13.1 Å². The highest BCUT2D eigenvalue weighted by Crippen LogP contribution is 2.18. The minimum atomic E-state index is 0.465. The number of hydrogen-bond acceptors (Lipinski definition) is 2. The smallest absolute Gasteiger partial charge is 0.0946 e. The van der Waals surface area contributed by atoms with E-state index in [2.05, 4.69) is 42.3 Å². The van der Waals surface area contributed by atoms with E-state index in [1.54, 1.807) is 0 Å². The van der Waals surface area contributed by atoms with Crippen molar-refractivity contribution in [2.24, 2.45) is 7.05 Å². The number of aryl methyl sites for hydroxylation is 1. The first-order valence-electron chi connectivity index (χ1n) is 5.40. The minimum absolute atomic E-state index is 0.465. The molecular weight excluding hydrogens is 174 g/mol. The molecule has 0 aliphatic heterocycles. The van der Waals surface area contributed by atoms with Gasteiger partial charge in [-0.3, -0.25) is 4.90 Å². The van der Waals surface area contributed by atoms with E-state index in [1.807, 2.05) is 12.5 Å². The van der Waals surface area contributed by atoms with Crippen molar-refractivity contribution in [1.82, 2.24) is 14.5 Å². The summed E-state index contributed by atoms with van der Waals surface area (Å²) in [6, 6.07) is 0.465. The fraction of sp³-hybridized carbons (Fsp3) is 0.727. The SMILES string of the molecule is CCCN(CC)C(C)c1cncn1C. The molecule has 3 nitrogen and oxygen atoms in total. The van der Waals surface area contributed by atoms with Gasteiger partial charge in [-0.25, -0.2) is 4.98 Å². The normalized spacial score (nSPS) is 13.5. The van der Waals surface area contributed by atoms with Crippen molar-refractivity contribution >= 4 is 0 Å². The number of aromatic nitrogens is 2. The highest BCUT2D eigenvalue weighted by Gasteiger charge is 2.15. The second kappa shape index (κ2) is 5.15. The Morgan fingerprint density at radius 3 is 2.64 bits per heavy atom. The highest BCUT2D eigenvalue weighted by molar-refractivity contribution is 5.03. The van der Waals surface area contributed by atoms with E-state index in [-0.39, 0.29) is 0 Å². The van der Waals surface area contributed by atoms with Crippen LogP contribution in [0, 0.1) is 0 Å². The molecule has 0 bridgehead atoms. The molecule has 0 spiro atoms. The van der Waals surface area contributed by atoms with E-state index in [0.717, 1.165) is 13.1 Å². The average Bonchev–Trinajstić information content (AvgIpc) is 2.59. The molecule has 3 heteroatoms. The van der Waals surface area contributed by atoms with E-state index in [1.165, 1.54) is 12.1 Å². The molecule has 1 atom stereocenters. The fourth-order valence-electron chi connectivity index (χ4n) is 1.87. The number of imidazole rings is 1. The molecule has 0 aromatic carbocycles. The molecule has 0 fully saturated rings. The van der Waals surface area contributed by atoms with E-state index < -0.39 is 0 Å². The molecular formula is C11H21N3. The van der Waals surface area contributed by atoms with Crippen LogP contribution in [0.4, 0.5) is 0 Å². The maximum Gasteiger partial charge on any atom is 0.0946 e. The lowest BCUT2D eigenvalue weighted by Crippen LogP contribution is -2.28. The molecule has 0 saturated heterocycles. The van der Waals surface area contributed by atoms with Gasteiger partial charge in [0.25, 0.3) is 0 Å². The summed E-state index contributed by atoms with van der Waals surface area (Å²) in [5.74, 6) is 0. The van der Waals surface area contributed by atoms with Gasteiger partial charge in [0.2, 0.25) is 0 Å². The molecule has 14 heavy (non-hydrogen) atoms. The largest absolute Gasteiger partial charge is 0.336 e. The first kappa shape index (κ1) is 11.2. The third-order valence-electron chi connectivity index (χ3n) is 2.75. The average molecular weight is 195 g/mol. The first-order valence-corrected chi connectivity index (χ1v) is 5.40. The Balaban J connectivity index is 2.72. The van der Waals surface area contributed by atoms with Crippen molar-refractivity contribution in [1.29, 1.82) is 0 Å². The summed E-state index contributed by atoms with van der Waals surface area (Å²) in [5, 5.41) is 0. The zero-order valence-corrected chi connectivity index (χ0v) is 9.70. The maximum absolute atomic E-state index is 4.16. The number of nitrogens with zero attached hydrogens (tertiary/aromatic N) is 3. The summed E-state index contributed by atoms with van der Waals surface area (Å²) in [5.41, 5.74) is 1.29. The van der Waals surface area contributed by atoms with Crippen molar-refractivity contribution < 1.29 is 0 Å². The molecule has 0 amide bonds. The van der Waals surface area contributed by atoms with Crippen LogP contribution in [0.2, 0.25) is 0 Å². The van der Waals surface area contributed by atoms with E-state index in [0.29, 0.717) is 6.04 Å². The second-order valence-corrected chi connectivity index (χ2v) is 3.73. The molecule has 0 N–H and O–H groups in total. The van der Waals surface area contributed by atoms with Crippen molar-refractivity contribution in [2.45, 2.75) is 33.2 Å². The topological polar surface area (TPSA) is 21.1 Å². The zero-order chi connectivity index (χ0) is 10.6. The van der Waals surface area contributed by atoms with Gasteiger partial charge in [0.1, 0.15) is 0 Å². The Kier molecular flexibility index (Phi) is 4.14. The number of hydrogen-bond donors (Lipinski definition) is 0. The lowest BCUT2D eigenvalue weighted by molar-refractivity contribution is 0.215. The van der Waals surface area contributed by atoms with Gasteiger partial charge in [-0.1, -0.05) is 13.8 Å². The lowest BCUT2D eigenvalue weighted by Gasteiger charge is -2.27. The van der Waals surface area contributed by atoms with Crippen LogP contribution < -0.4 is 0 Å². The van der Waals surface area contributed by atoms with E-state index >= 15 is 0 Å². The van der Waals surface area contributed by atoms with Crippen LogP contribution in [0.3, 0.4) is 0 Å². The van der Waals surface area contributed by atoms with Gasteiger partial charge in [-0.15, -0.1) is 0 Å². The van der Waals surface area contributed by atoms with Gasteiger partial charge in [0, 0.05) is 19.3 Å². The summed E-state index contributed by atoms with van der Waals surface area (Å²) in [7, 11) is 2.05.